The van der Waals surface area contributed by atoms with Gasteiger partial charge < -0.3 is 9.64 Å². The van der Waals surface area contributed by atoms with Crippen molar-refractivity contribution in [1.29, 1.82) is 0 Å². The molecule has 1 aliphatic rings. The summed E-state index contributed by atoms with van der Waals surface area (Å²) >= 11 is 6.11. The van der Waals surface area contributed by atoms with Crippen LogP contribution in [0.5, 0.6) is 5.75 Å². The molecule has 30 heavy (non-hydrogen) atoms. The van der Waals surface area contributed by atoms with E-state index >= 15 is 0 Å². The number of amides is 3. The molecule has 2 aromatic rings. The molecule has 0 bridgehead atoms. The van der Waals surface area contributed by atoms with Crippen LogP contribution in [-0.4, -0.2) is 45.0 Å². The smallest absolute Gasteiger partial charge is 0.265 e. The minimum Gasteiger partial charge on any atom is -0.495 e. The number of carbonyl (C=O) groups is 3. The van der Waals surface area contributed by atoms with Crippen molar-refractivity contribution >= 4 is 40.7 Å². The van der Waals surface area contributed by atoms with E-state index in [9.17, 15) is 14.4 Å². The summed E-state index contributed by atoms with van der Waals surface area (Å²) in [6, 6.07) is 9.34. The molecule has 2 aromatic carbocycles. The Labute approximate surface area is 179 Å². The van der Waals surface area contributed by atoms with Crippen LogP contribution in [0, 0.1) is 6.92 Å². The largest absolute Gasteiger partial charge is 0.495 e. The molecule has 0 aliphatic carbocycles. The van der Waals surface area contributed by atoms with Gasteiger partial charge in [-0.15, -0.1) is 0 Å². The van der Waals surface area contributed by atoms with Crippen molar-refractivity contribution in [1.82, 2.24) is 10.9 Å². The number of rotatable bonds is 6. The monoisotopic (exact) mass is 430 g/mol. The summed E-state index contributed by atoms with van der Waals surface area (Å²) in [4.78, 5) is 40.8. The standard InChI is InChI=1S/C21H23ClN4O4/c1-12-8-17(18(30-4)10-15(12)22)26-19(27)11-16(21(26)29)23-24-20(28)13-6-5-7-14(9-13)25(2)3/h5-10,16,23H,11H2,1-4H3,(H,24,28). The van der Waals surface area contributed by atoms with Gasteiger partial charge in [0.25, 0.3) is 11.8 Å². The zero-order valence-electron chi connectivity index (χ0n) is 17.2. The Hall–Kier alpha value is -3.10. The number of ether oxygens (including phenoxy) is 1. The van der Waals surface area contributed by atoms with Crippen LogP contribution in [0.2, 0.25) is 5.02 Å². The van der Waals surface area contributed by atoms with E-state index in [1.54, 1.807) is 37.3 Å². The van der Waals surface area contributed by atoms with Gasteiger partial charge in [0.2, 0.25) is 5.91 Å². The molecular weight excluding hydrogens is 408 g/mol. The Balaban J connectivity index is 1.74. The van der Waals surface area contributed by atoms with Crippen LogP contribution in [0.15, 0.2) is 36.4 Å². The summed E-state index contributed by atoms with van der Waals surface area (Å²) in [7, 11) is 5.19. The first kappa shape index (κ1) is 21.6. The predicted octanol–water partition coefficient (Wildman–Crippen LogP) is 2.29. The summed E-state index contributed by atoms with van der Waals surface area (Å²) in [5.74, 6) is -0.974. The van der Waals surface area contributed by atoms with Gasteiger partial charge >= 0.3 is 0 Å². The molecule has 0 saturated carbocycles. The van der Waals surface area contributed by atoms with Gasteiger partial charge in [-0.1, -0.05) is 17.7 Å². The van der Waals surface area contributed by atoms with E-state index in [-0.39, 0.29) is 6.42 Å². The summed E-state index contributed by atoms with van der Waals surface area (Å²) < 4.78 is 5.29. The molecule has 1 saturated heterocycles. The highest BCUT2D eigenvalue weighted by Crippen LogP contribution is 2.36. The lowest BCUT2D eigenvalue weighted by atomic mass is 10.2. The van der Waals surface area contributed by atoms with Crippen LogP contribution in [-0.2, 0) is 9.59 Å². The molecule has 0 aromatic heterocycles. The van der Waals surface area contributed by atoms with Crippen LogP contribution >= 0.6 is 11.6 Å². The molecule has 158 valence electrons. The van der Waals surface area contributed by atoms with E-state index in [0.29, 0.717) is 27.6 Å². The zero-order chi connectivity index (χ0) is 22.0. The number of anilines is 2. The highest BCUT2D eigenvalue weighted by molar-refractivity contribution is 6.32. The molecule has 1 heterocycles. The van der Waals surface area contributed by atoms with Crippen molar-refractivity contribution in [3.05, 3.63) is 52.5 Å². The van der Waals surface area contributed by atoms with E-state index < -0.39 is 23.8 Å². The molecule has 1 fully saturated rings. The van der Waals surface area contributed by atoms with Gasteiger partial charge in [0.15, 0.2) is 0 Å². The maximum Gasteiger partial charge on any atom is 0.265 e. The zero-order valence-corrected chi connectivity index (χ0v) is 17.9. The van der Waals surface area contributed by atoms with Gasteiger partial charge in [0.05, 0.1) is 19.2 Å². The third-order valence-electron chi connectivity index (χ3n) is 4.83. The number of nitrogens with one attached hydrogen (secondary N) is 2. The first-order chi connectivity index (χ1) is 14.2. The number of nitrogens with zero attached hydrogens (tertiary/aromatic N) is 2. The quantitative estimate of drug-likeness (QED) is 0.539. The van der Waals surface area contributed by atoms with Crippen molar-refractivity contribution in [2.24, 2.45) is 0 Å². The summed E-state index contributed by atoms with van der Waals surface area (Å²) in [5, 5.41) is 0.469. The van der Waals surface area contributed by atoms with Crippen LogP contribution in [0.25, 0.3) is 0 Å². The van der Waals surface area contributed by atoms with Gasteiger partial charge in [0, 0.05) is 36.4 Å². The summed E-state index contributed by atoms with van der Waals surface area (Å²) in [6.45, 7) is 1.77. The second-order valence-corrected chi connectivity index (χ2v) is 7.55. The molecule has 0 spiro atoms. The van der Waals surface area contributed by atoms with Crippen molar-refractivity contribution in [3.8, 4) is 5.75 Å². The molecule has 8 nitrogen and oxygen atoms in total. The Morgan fingerprint density at radius 3 is 2.63 bits per heavy atom. The average Bonchev–Trinajstić information content (AvgIpc) is 3.01. The number of methoxy groups -OCH3 is 1. The molecule has 1 aliphatic heterocycles. The van der Waals surface area contributed by atoms with Gasteiger partial charge in [-0.3, -0.25) is 19.8 Å². The van der Waals surface area contributed by atoms with E-state index in [4.69, 9.17) is 16.3 Å². The highest BCUT2D eigenvalue weighted by Gasteiger charge is 2.41. The highest BCUT2D eigenvalue weighted by atomic mass is 35.5. The number of imide groups is 1. The number of carbonyl (C=O) groups excluding carboxylic acids is 3. The Kier molecular flexibility index (Phi) is 6.28. The minimum absolute atomic E-state index is 0.0956. The number of hydrogen-bond donors (Lipinski definition) is 2. The summed E-state index contributed by atoms with van der Waals surface area (Å²) in [5.41, 5.74) is 7.52. The van der Waals surface area contributed by atoms with Crippen molar-refractivity contribution in [2.75, 3.05) is 31.0 Å². The topological polar surface area (TPSA) is 91.0 Å². The molecule has 3 amide bonds. The second kappa shape index (κ2) is 8.73. The Morgan fingerprint density at radius 2 is 1.97 bits per heavy atom. The van der Waals surface area contributed by atoms with Crippen molar-refractivity contribution < 1.29 is 19.1 Å². The van der Waals surface area contributed by atoms with Crippen LogP contribution in [0.1, 0.15) is 22.3 Å². The fourth-order valence-electron chi connectivity index (χ4n) is 3.13. The van der Waals surface area contributed by atoms with E-state index in [1.165, 1.54) is 7.11 Å². The predicted molar refractivity (Wildman–Crippen MR) is 115 cm³/mol. The molecule has 3 rings (SSSR count). The van der Waals surface area contributed by atoms with Crippen molar-refractivity contribution in [3.63, 3.8) is 0 Å². The minimum atomic E-state index is -0.890. The Bertz CT molecular complexity index is 1010. The Morgan fingerprint density at radius 1 is 1.23 bits per heavy atom. The maximum atomic E-state index is 12.9. The van der Waals surface area contributed by atoms with Crippen LogP contribution in [0.4, 0.5) is 11.4 Å². The molecule has 2 N–H and O–H groups in total. The van der Waals surface area contributed by atoms with Crippen LogP contribution in [0.3, 0.4) is 0 Å². The fourth-order valence-corrected chi connectivity index (χ4v) is 3.29. The molecule has 0 radical (unpaired) electrons. The SMILES string of the molecule is COc1cc(Cl)c(C)cc1N1C(=O)CC(NNC(=O)c2cccc(N(C)C)c2)C1=O. The lowest BCUT2D eigenvalue weighted by Crippen LogP contribution is -2.48. The third-order valence-corrected chi connectivity index (χ3v) is 5.24. The van der Waals surface area contributed by atoms with E-state index in [0.717, 1.165) is 10.6 Å². The average molecular weight is 431 g/mol. The number of halogens is 1. The maximum absolute atomic E-state index is 12.9. The number of hydrogen-bond acceptors (Lipinski definition) is 6. The third kappa shape index (κ3) is 4.24. The molecule has 1 atom stereocenters. The van der Waals surface area contributed by atoms with Crippen LogP contribution < -0.4 is 25.4 Å². The van der Waals surface area contributed by atoms with Gasteiger partial charge in [-0.05, 0) is 36.8 Å². The van der Waals surface area contributed by atoms with Gasteiger partial charge in [-0.25, -0.2) is 10.3 Å². The van der Waals surface area contributed by atoms with E-state index in [1.807, 2.05) is 25.1 Å². The molecular formula is C21H23ClN4O4. The molecule has 1 unspecified atom stereocenters. The number of hydrazine groups is 1. The second-order valence-electron chi connectivity index (χ2n) is 7.14. The lowest BCUT2D eigenvalue weighted by molar-refractivity contribution is -0.121. The number of aryl methyl sites for hydroxylation is 1. The number of benzene rings is 2. The van der Waals surface area contributed by atoms with Gasteiger partial charge in [0.1, 0.15) is 11.8 Å². The summed E-state index contributed by atoms with van der Waals surface area (Å²) in [6.07, 6.45) is -0.0956. The van der Waals surface area contributed by atoms with Gasteiger partial charge in [-0.2, -0.15) is 0 Å². The fraction of sp³-hybridized carbons (Fsp3) is 0.286. The first-order valence-electron chi connectivity index (χ1n) is 9.27. The first-order valence-corrected chi connectivity index (χ1v) is 9.65. The van der Waals surface area contributed by atoms with E-state index in [2.05, 4.69) is 10.9 Å². The molecule has 9 heteroatoms. The normalized spacial score (nSPS) is 16.0. The lowest BCUT2D eigenvalue weighted by Gasteiger charge is -2.19. The van der Waals surface area contributed by atoms with Crippen molar-refractivity contribution in [2.45, 2.75) is 19.4 Å².